The van der Waals surface area contributed by atoms with Gasteiger partial charge in [-0.1, -0.05) is 72.8 Å². The predicted molar refractivity (Wildman–Crippen MR) is 107 cm³/mol. The van der Waals surface area contributed by atoms with Crippen LogP contribution in [0.15, 0.2) is 89.9 Å². The van der Waals surface area contributed by atoms with E-state index in [-0.39, 0.29) is 12.1 Å². The van der Waals surface area contributed by atoms with E-state index in [9.17, 15) is 13.2 Å². The largest absolute Gasteiger partial charge is 0.416 e. The Labute approximate surface area is 167 Å². The molecule has 3 nitrogen and oxygen atoms in total. The van der Waals surface area contributed by atoms with Crippen LogP contribution in [0.5, 0.6) is 0 Å². The summed E-state index contributed by atoms with van der Waals surface area (Å²) >= 11 is 0. The summed E-state index contributed by atoms with van der Waals surface area (Å²) in [7, 11) is 0. The van der Waals surface area contributed by atoms with Crippen molar-refractivity contribution in [2.45, 2.75) is 24.8 Å². The minimum Gasteiger partial charge on any atom is -0.352 e. The van der Waals surface area contributed by atoms with Gasteiger partial charge in [-0.15, -0.1) is 0 Å². The maximum atomic E-state index is 12.7. The minimum absolute atomic E-state index is 0.0197. The van der Waals surface area contributed by atoms with E-state index in [1.54, 1.807) is 0 Å². The van der Waals surface area contributed by atoms with Crippen molar-refractivity contribution in [1.82, 2.24) is 10.6 Å². The van der Waals surface area contributed by atoms with Crippen LogP contribution in [-0.2, 0) is 12.7 Å². The maximum Gasteiger partial charge on any atom is 0.416 e. The van der Waals surface area contributed by atoms with Gasteiger partial charge in [-0.05, 0) is 28.8 Å². The second-order valence-electron chi connectivity index (χ2n) is 6.91. The molecule has 0 amide bonds. The van der Waals surface area contributed by atoms with Crippen molar-refractivity contribution < 1.29 is 13.2 Å². The zero-order chi connectivity index (χ0) is 20.3. The summed E-state index contributed by atoms with van der Waals surface area (Å²) in [6.45, 7) is 0.382. The smallest absolute Gasteiger partial charge is 0.352 e. The van der Waals surface area contributed by atoms with Gasteiger partial charge in [-0.25, -0.2) is 4.99 Å². The second-order valence-corrected chi connectivity index (χ2v) is 6.91. The normalized spacial score (nSPS) is 18.8. The van der Waals surface area contributed by atoms with Crippen LogP contribution in [0.4, 0.5) is 13.2 Å². The van der Waals surface area contributed by atoms with E-state index < -0.39 is 11.7 Å². The standard InChI is InChI=1S/C23H20F3N3/c24-23(25,26)19-13-11-16(12-14-19)15-27-22-28-20(17-7-3-1-4-8-17)21(29-22)18-9-5-2-6-10-18/h1-14,20-21H,15H2,(H2,27,28,29)/t20-,21-/m1/s1. The fourth-order valence-electron chi connectivity index (χ4n) is 3.41. The molecule has 0 aromatic heterocycles. The molecule has 6 heteroatoms. The lowest BCUT2D eigenvalue weighted by atomic mass is 9.95. The van der Waals surface area contributed by atoms with Crippen molar-refractivity contribution in [1.29, 1.82) is 0 Å². The summed E-state index contributed by atoms with van der Waals surface area (Å²) in [5.74, 6) is 0.632. The summed E-state index contributed by atoms with van der Waals surface area (Å²) in [5, 5.41) is 6.63. The molecule has 0 saturated carbocycles. The molecule has 29 heavy (non-hydrogen) atoms. The first-order chi connectivity index (χ1) is 14.0. The van der Waals surface area contributed by atoms with Crippen LogP contribution in [0.1, 0.15) is 34.3 Å². The quantitative estimate of drug-likeness (QED) is 0.634. The van der Waals surface area contributed by atoms with E-state index in [4.69, 9.17) is 4.99 Å². The lowest BCUT2D eigenvalue weighted by Crippen LogP contribution is -2.35. The molecule has 1 aliphatic rings. The molecule has 4 rings (SSSR count). The Morgan fingerprint density at radius 2 is 1.38 bits per heavy atom. The zero-order valence-corrected chi connectivity index (χ0v) is 15.5. The number of aliphatic imine (C=N–C) groups is 1. The summed E-state index contributed by atoms with van der Waals surface area (Å²) in [5.41, 5.74) is 2.32. The fourth-order valence-corrected chi connectivity index (χ4v) is 3.41. The molecule has 0 bridgehead atoms. The average molecular weight is 395 g/mol. The molecule has 0 saturated heterocycles. The minimum atomic E-state index is -4.32. The molecule has 2 atom stereocenters. The number of halogens is 3. The molecule has 1 heterocycles. The van der Waals surface area contributed by atoms with Crippen molar-refractivity contribution in [3.8, 4) is 0 Å². The topological polar surface area (TPSA) is 36.4 Å². The van der Waals surface area contributed by atoms with E-state index in [1.807, 2.05) is 48.5 Å². The average Bonchev–Trinajstić information content (AvgIpc) is 3.18. The third-order valence-corrected chi connectivity index (χ3v) is 4.92. The zero-order valence-electron chi connectivity index (χ0n) is 15.5. The van der Waals surface area contributed by atoms with Crippen LogP contribution in [0.25, 0.3) is 0 Å². The highest BCUT2D eigenvalue weighted by Crippen LogP contribution is 2.35. The molecular weight excluding hydrogens is 375 g/mol. The molecule has 2 N–H and O–H groups in total. The van der Waals surface area contributed by atoms with Gasteiger partial charge < -0.3 is 10.6 Å². The highest BCUT2D eigenvalue weighted by Gasteiger charge is 2.31. The molecule has 148 valence electrons. The van der Waals surface area contributed by atoms with Crippen LogP contribution in [-0.4, -0.2) is 5.96 Å². The van der Waals surface area contributed by atoms with Gasteiger partial charge in [-0.3, -0.25) is 0 Å². The van der Waals surface area contributed by atoms with Gasteiger partial charge in [0.15, 0.2) is 5.96 Å². The Morgan fingerprint density at radius 1 is 0.793 bits per heavy atom. The van der Waals surface area contributed by atoms with Gasteiger partial charge in [0.2, 0.25) is 0 Å². The van der Waals surface area contributed by atoms with Crippen LogP contribution in [0.2, 0.25) is 0 Å². The fraction of sp³-hybridized carbons (Fsp3) is 0.174. The van der Waals surface area contributed by atoms with Crippen molar-refractivity contribution >= 4 is 5.96 Å². The predicted octanol–water partition coefficient (Wildman–Crippen LogP) is 5.24. The summed E-state index contributed by atoms with van der Waals surface area (Å²) in [6.07, 6.45) is -4.32. The van der Waals surface area contributed by atoms with Gasteiger partial charge in [0.05, 0.1) is 11.6 Å². The van der Waals surface area contributed by atoms with Crippen LogP contribution < -0.4 is 10.6 Å². The number of guanidine groups is 1. The van der Waals surface area contributed by atoms with Gasteiger partial charge >= 0.3 is 6.18 Å². The number of rotatable bonds is 4. The first-order valence-electron chi connectivity index (χ1n) is 9.35. The Morgan fingerprint density at radius 3 is 1.97 bits per heavy atom. The van der Waals surface area contributed by atoms with Crippen molar-refractivity contribution in [3.63, 3.8) is 0 Å². The van der Waals surface area contributed by atoms with Crippen LogP contribution in [0.3, 0.4) is 0 Å². The molecule has 0 aliphatic carbocycles. The number of hydrogen-bond donors (Lipinski definition) is 2. The maximum absolute atomic E-state index is 12.7. The van der Waals surface area contributed by atoms with Crippen molar-refractivity contribution in [3.05, 3.63) is 107 Å². The van der Waals surface area contributed by atoms with E-state index in [0.717, 1.165) is 28.8 Å². The number of nitrogens with zero attached hydrogens (tertiary/aromatic N) is 1. The third-order valence-electron chi connectivity index (χ3n) is 4.92. The summed E-state index contributed by atoms with van der Waals surface area (Å²) < 4.78 is 38.1. The lowest BCUT2D eigenvalue weighted by Gasteiger charge is -2.19. The molecular formula is C23H20F3N3. The highest BCUT2D eigenvalue weighted by atomic mass is 19.4. The van der Waals surface area contributed by atoms with Crippen molar-refractivity contribution in [2.75, 3.05) is 0 Å². The SMILES string of the molecule is FC(F)(F)c1ccc(CNC2=N[C@H](c3ccccc3)[C@@H](c3ccccc3)N2)cc1. The van der Waals surface area contributed by atoms with Gasteiger partial charge in [0.25, 0.3) is 0 Å². The molecule has 0 radical (unpaired) electrons. The van der Waals surface area contributed by atoms with E-state index in [0.29, 0.717) is 12.5 Å². The third kappa shape index (κ3) is 4.42. The van der Waals surface area contributed by atoms with Gasteiger partial charge in [-0.2, -0.15) is 13.2 Å². The summed E-state index contributed by atoms with van der Waals surface area (Å²) in [6, 6.07) is 25.2. The van der Waals surface area contributed by atoms with E-state index >= 15 is 0 Å². The molecule has 0 spiro atoms. The molecule has 3 aromatic rings. The van der Waals surface area contributed by atoms with Crippen LogP contribution >= 0.6 is 0 Å². The molecule has 3 aromatic carbocycles. The molecule has 1 aliphatic heterocycles. The van der Waals surface area contributed by atoms with Gasteiger partial charge in [0.1, 0.15) is 6.04 Å². The van der Waals surface area contributed by atoms with E-state index in [2.05, 4.69) is 22.8 Å². The molecule has 0 fully saturated rings. The first kappa shape index (κ1) is 19.1. The Hall–Kier alpha value is -3.28. The monoisotopic (exact) mass is 395 g/mol. The van der Waals surface area contributed by atoms with Gasteiger partial charge in [0, 0.05) is 6.54 Å². The summed E-state index contributed by atoms with van der Waals surface area (Å²) in [4.78, 5) is 4.80. The number of nitrogens with one attached hydrogen (secondary N) is 2. The lowest BCUT2D eigenvalue weighted by molar-refractivity contribution is -0.137. The highest BCUT2D eigenvalue weighted by molar-refractivity contribution is 5.82. The second kappa shape index (κ2) is 7.99. The Kier molecular flexibility index (Phi) is 5.25. The number of hydrogen-bond acceptors (Lipinski definition) is 3. The first-order valence-corrected chi connectivity index (χ1v) is 9.35. The molecule has 0 unspecified atom stereocenters. The van der Waals surface area contributed by atoms with Crippen molar-refractivity contribution in [2.24, 2.45) is 4.99 Å². The number of benzene rings is 3. The Balaban J connectivity index is 1.50. The number of alkyl halides is 3. The van der Waals surface area contributed by atoms with E-state index in [1.165, 1.54) is 12.1 Å². The van der Waals surface area contributed by atoms with Crippen LogP contribution in [0, 0.1) is 0 Å². The Bertz CT molecular complexity index is 968.